The average molecular weight is 381 g/mol. The van der Waals surface area contributed by atoms with Gasteiger partial charge in [-0.05, 0) is 46.1 Å². The molecule has 2 aromatic rings. The van der Waals surface area contributed by atoms with Gasteiger partial charge in [0, 0.05) is 32.6 Å². The molecule has 0 heterocycles. The molecule has 117 valence electrons. The van der Waals surface area contributed by atoms with Crippen LogP contribution in [-0.4, -0.2) is 0 Å². The van der Waals surface area contributed by atoms with Gasteiger partial charge in [-0.2, -0.15) is 0 Å². The van der Waals surface area contributed by atoms with Crippen LogP contribution < -0.4 is 0 Å². The molecule has 0 N–H and O–H groups in total. The monoisotopic (exact) mass is 379 g/mol. The summed E-state index contributed by atoms with van der Waals surface area (Å²) in [5.41, 5.74) is 8.26. The quantitative estimate of drug-likeness (QED) is 0.570. The molecule has 0 aromatic heterocycles. The third kappa shape index (κ3) is 3.77. The van der Waals surface area contributed by atoms with Crippen LogP contribution in [0.4, 0.5) is 0 Å². The zero-order valence-corrected chi connectivity index (χ0v) is 17.0. The fraction of sp³-hybridized carbons (Fsp3) is 0.318. The smallest absolute Gasteiger partial charge is 0.0167 e. The van der Waals surface area contributed by atoms with E-state index in [1.54, 1.807) is 0 Å². The Morgan fingerprint density at radius 2 is 1.61 bits per heavy atom. The Balaban J connectivity index is 0.00000192. The molecular weight excluding hydrogens is 355 g/mol. The Bertz CT molecular complexity index is 692. The summed E-state index contributed by atoms with van der Waals surface area (Å²) in [4.78, 5) is 0. The first kappa shape index (κ1) is 18.4. The fourth-order valence-corrected chi connectivity index (χ4v) is 3.07. The molecule has 0 nitrogen and oxygen atoms in total. The third-order valence-corrected chi connectivity index (χ3v) is 4.84. The number of hydrogen-bond acceptors (Lipinski definition) is 0. The van der Waals surface area contributed by atoms with Crippen molar-refractivity contribution in [3.8, 4) is 11.1 Å². The van der Waals surface area contributed by atoms with Crippen molar-refractivity contribution in [1.82, 2.24) is 0 Å². The van der Waals surface area contributed by atoms with Crippen molar-refractivity contribution in [2.45, 2.75) is 40.0 Å². The van der Waals surface area contributed by atoms with Gasteiger partial charge in [-0.3, -0.25) is 0 Å². The van der Waals surface area contributed by atoms with Gasteiger partial charge in [-0.25, -0.2) is 0 Å². The van der Waals surface area contributed by atoms with Crippen molar-refractivity contribution < 1.29 is 26.2 Å². The predicted molar refractivity (Wildman–Crippen MR) is 96.8 cm³/mol. The second-order valence-electron chi connectivity index (χ2n) is 6.68. The van der Waals surface area contributed by atoms with Crippen LogP contribution >= 0.6 is 0 Å². The Morgan fingerprint density at radius 3 is 2.22 bits per heavy atom. The van der Waals surface area contributed by atoms with E-state index < -0.39 is 0 Å². The van der Waals surface area contributed by atoms with Gasteiger partial charge in [-0.15, -0.1) is 0 Å². The second-order valence-corrected chi connectivity index (χ2v) is 6.68. The van der Waals surface area contributed by atoms with Crippen LogP contribution in [0.5, 0.6) is 0 Å². The van der Waals surface area contributed by atoms with Gasteiger partial charge >= 0.3 is 0 Å². The van der Waals surface area contributed by atoms with E-state index >= 15 is 0 Å². The van der Waals surface area contributed by atoms with E-state index in [1.807, 2.05) is 0 Å². The SMILES string of the molecule is CCC(C)c1ccc(-c2cccc3c2C=C(C(C)C)[CH]3)cc1.[Zr]. The van der Waals surface area contributed by atoms with E-state index in [1.165, 1.54) is 39.8 Å². The van der Waals surface area contributed by atoms with Crippen LogP contribution in [0.1, 0.15) is 56.7 Å². The van der Waals surface area contributed by atoms with Gasteiger partial charge in [0.1, 0.15) is 0 Å². The number of fused-ring (bicyclic) bond motifs is 1. The van der Waals surface area contributed by atoms with E-state index in [-0.39, 0.29) is 26.2 Å². The minimum atomic E-state index is 0. The van der Waals surface area contributed by atoms with Gasteiger partial charge in [-0.1, -0.05) is 81.8 Å². The van der Waals surface area contributed by atoms with Gasteiger partial charge in [0.2, 0.25) is 0 Å². The topological polar surface area (TPSA) is 0 Å². The van der Waals surface area contributed by atoms with E-state index in [4.69, 9.17) is 0 Å². The molecule has 1 aliphatic rings. The maximum Gasteiger partial charge on any atom is 0.0167 e. The van der Waals surface area contributed by atoms with Crippen molar-refractivity contribution in [3.63, 3.8) is 0 Å². The Labute approximate surface area is 160 Å². The summed E-state index contributed by atoms with van der Waals surface area (Å²) >= 11 is 0. The molecule has 23 heavy (non-hydrogen) atoms. The molecule has 0 saturated carbocycles. The van der Waals surface area contributed by atoms with E-state index in [9.17, 15) is 0 Å². The molecular formula is C22H25Zr. The van der Waals surface area contributed by atoms with E-state index in [0.717, 1.165) is 0 Å². The van der Waals surface area contributed by atoms with Crippen LogP contribution in [0.3, 0.4) is 0 Å². The van der Waals surface area contributed by atoms with Gasteiger partial charge in [0.25, 0.3) is 0 Å². The predicted octanol–water partition coefficient (Wildman–Crippen LogP) is 6.47. The van der Waals surface area contributed by atoms with Crippen molar-refractivity contribution in [1.29, 1.82) is 0 Å². The minimum Gasteiger partial charge on any atom is -0.0648 e. The molecule has 1 aliphatic carbocycles. The van der Waals surface area contributed by atoms with Crippen molar-refractivity contribution in [3.05, 3.63) is 71.1 Å². The summed E-state index contributed by atoms with van der Waals surface area (Å²) in [6, 6.07) is 15.8. The third-order valence-electron chi connectivity index (χ3n) is 4.84. The summed E-state index contributed by atoms with van der Waals surface area (Å²) in [6.45, 7) is 9.06. The average Bonchev–Trinajstić information content (AvgIpc) is 2.98. The van der Waals surface area contributed by atoms with E-state index in [0.29, 0.717) is 11.8 Å². The Hall–Kier alpha value is -0.937. The molecule has 0 fully saturated rings. The molecule has 0 saturated heterocycles. The van der Waals surface area contributed by atoms with Crippen molar-refractivity contribution in [2.24, 2.45) is 5.92 Å². The first-order valence-corrected chi connectivity index (χ1v) is 8.39. The summed E-state index contributed by atoms with van der Waals surface area (Å²) in [6.07, 6.45) is 5.88. The standard InChI is InChI=1S/C22H25.Zr/c1-5-16(4)17-9-11-18(12-10-17)21-8-6-7-19-13-20(15(2)3)14-22(19)21;/h6-16H,5H2,1-4H3;. The van der Waals surface area contributed by atoms with Gasteiger partial charge < -0.3 is 0 Å². The maximum atomic E-state index is 2.36. The summed E-state index contributed by atoms with van der Waals surface area (Å²) < 4.78 is 0. The van der Waals surface area contributed by atoms with Gasteiger partial charge in [0.15, 0.2) is 0 Å². The maximum absolute atomic E-state index is 2.36. The number of allylic oxidation sites excluding steroid dienone is 1. The molecule has 3 rings (SSSR count). The Kier molecular flexibility index (Phi) is 6.21. The largest absolute Gasteiger partial charge is 0.0648 e. The molecule has 1 unspecified atom stereocenters. The fourth-order valence-electron chi connectivity index (χ4n) is 3.07. The molecule has 1 radical (unpaired) electrons. The van der Waals surface area contributed by atoms with Crippen molar-refractivity contribution in [2.75, 3.05) is 0 Å². The number of rotatable bonds is 4. The zero-order chi connectivity index (χ0) is 15.7. The first-order valence-electron chi connectivity index (χ1n) is 8.39. The zero-order valence-electron chi connectivity index (χ0n) is 14.6. The Morgan fingerprint density at radius 1 is 0.913 bits per heavy atom. The molecule has 0 spiro atoms. The normalized spacial score (nSPS) is 14.2. The summed E-state index contributed by atoms with van der Waals surface area (Å²) in [5, 5.41) is 0. The van der Waals surface area contributed by atoms with Crippen LogP contribution in [0.15, 0.2) is 48.0 Å². The summed E-state index contributed by atoms with van der Waals surface area (Å²) in [5.74, 6) is 1.21. The van der Waals surface area contributed by atoms with Crippen LogP contribution in [-0.2, 0) is 26.2 Å². The van der Waals surface area contributed by atoms with Crippen LogP contribution in [0, 0.1) is 12.3 Å². The number of benzene rings is 2. The number of hydrogen-bond donors (Lipinski definition) is 0. The molecule has 0 aliphatic heterocycles. The molecule has 2 aromatic carbocycles. The molecule has 1 atom stereocenters. The van der Waals surface area contributed by atoms with E-state index in [2.05, 4.69) is 82.7 Å². The minimum absolute atomic E-state index is 0. The molecule has 0 bridgehead atoms. The van der Waals surface area contributed by atoms with Crippen LogP contribution in [0.25, 0.3) is 17.2 Å². The molecule has 0 amide bonds. The van der Waals surface area contributed by atoms with Crippen LogP contribution in [0.2, 0.25) is 0 Å². The molecule has 1 heteroatoms. The summed E-state index contributed by atoms with van der Waals surface area (Å²) in [7, 11) is 0. The van der Waals surface area contributed by atoms with Crippen molar-refractivity contribution >= 4 is 6.08 Å². The second kappa shape index (κ2) is 7.76. The first-order chi connectivity index (χ1) is 10.6. The van der Waals surface area contributed by atoms with Gasteiger partial charge in [0.05, 0.1) is 0 Å².